The van der Waals surface area contributed by atoms with Gasteiger partial charge in [0.05, 0.1) is 11.7 Å². The van der Waals surface area contributed by atoms with E-state index in [-0.39, 0.29) is 11.8 Å². The molecule has 0 aliphatic carbocycles. The molecule has 24 heavy (non-hydrogen) atoms. The van der Waals surface area contributed by atoms with Crippen LogP contribution in [0.15, 0.2) is 23.6 Å². The molecule has 2 heterocycles. The third-order valence-electron chi connectivity index (χ3n) is 4.13. The van der Waals surface area contributed by atoms with Crippen molar-refractivity contribution in [3.8, 4) is 22.8 Å². The largest absolute Gasteiger partial charge is 0.486 e. The third kappa shape index (κ3) is 3.52. The third-order valence-corrected chi connectivity index (χ3v) is 4.89. The second kappa shape index (κ2) is 7.19. The molecule has 0 saturated heterocycles. The first-order valence-electron chi connectivity index (χ1n) is 8.00. The highest BCUT2D eigenvalue weighted by Gasteiger charge is 2.20. The van der Waals surface area contributed by atoms with Crippen LogP contribution in [-0.2, 0) is 4.79 Å². The van der Waals surface area contributed by atoms with Gasteiger partial charge in [0.15, 0.2) is 16.6 Å². The first kappa shape index (κ1) is 16.7. The molecule has 7 heteroatoms. The molecule has 3 rings (SSSR count). The zero-order chi connectivity index (χ0) is 17.1. The molecule has 0 bridgehead atoms. The number of rotatable bonds is 5. The van der Waals surface area contributed by atoms with Crippen molar-refractivity contribution in [3.63, 3.8) is 0 Å². The minimum atomic E-state index is -0.531. The highest BCUT2D eigenvalue weighted by atomic mass is 32.1. The predicted molar refractivity (Wildman–Crippen MR) is 94.6 cm³/mol. The summed E-state index contributed by atoms with van der Waals surface area (Å²) in [6, 6.07) is 5.18. The maximum atomic E-state index is 12.1. The minimum Gasteiger partial charge on any atom is -0.486 e. The summed E-state index contributed by atoms with van der Waals surface area (Å²) >= 11 is 1.38. The zero-order valence-corrected chi connectivity index (χ0v) is 14.6. The van der Waals surface area contributed by atoms with Gasteiger partial charge in [0.2, 0.25) is 5.91 Å². The van der Waals surface area contributed by atoms with Crippen molar-refractivity contribution in [1.29, 1.82) is 0 Å². The van der Waals surface area contributed by atoms with E-state index in [1.54, 1.807) is 0 Å². The van der Waals surface area contributed by atoms with Gasteiger partial charge in [0, 0.05) is 10.9 Å². The van der Waals surface area contributed by atoms with Crippen molar-refractivity contribution in [1.82, 2.24) is 4.98 Å². The summed E-state index contributed by atoms with van der Waals surface area (Å²) in [7, 11) is 0. The molecule has 1 aromatic heterocycles. The average Bonchev–Trinajstić information content (AvgIpc) is 3.08. The molecule has 0 fully saturated rings. The number of anilines is 1. The maximum Gasteiger partial charge on any atom is 0.243 e. The normalized spacial score (nSPS) is 15.6. The Morgan fingerprint density at radius 1 is 1.38 bits per heavy atom. The number of carbonyl (C=O) groups is 1. The van der Waals surface area contributed by atoms with Crippen LogP contribution in [0, 0.1) is 5.92 Å². The van der Waals surface area contributed by atoms with Crippen molar-refractivity contribution in [2.45, 2.75) is 26.3 Å². The smallest absolute Gasteiger partial charge is 0.243 e. The number of benzene rings is 1. The van der Waals surface area contributed by atoms with E-state index < -0.39 is 6.04 Å². The zero-order valence-electron chi connectivity index (χ0n) is 13.7. The molecule has 2 atom stereocenters. The van der Waals surface area contributed by atoms with Crippen LogP contribution in [-0.4, -0.2) is 30.1 Å². The average molecular weight is 347 g/mol. The van der Waals surface area contributed by atoms with Crippen molar-refractivity contribution >= 4 is 22.4 Å². The molecule has 6 nitrogen and oxygen atoms in total. The number of fused-ring (bicyclic) bond motifs is 1. The number of ether oxygens (including phenoxy) is 2. The first-order valence-corrected chi connectivity index (χ1v) is 8.88. The van der Waals surface area contributed by atoms with E-state index >= 15 is 0 Å². The molecule has 3 N–H and O–H groups in total. The van der Waals surface area contributed by atoms with Crippen LogP contribution >= 0.6 is 11.3 Å². The standard InChI is InChI=1S/C17H21N3O3S/c1-3-10(2)15(18)16(21)20-17-19-12(9-24-17)11-4-5-13-14(8-11)23-7-6-22-13/h4-5,8-10,15H,3,6-7,18H2,1-2H3,(H,19,20,21). The van der Waals surface area contributed by atoms with E-state index in [1.807, 2.05) is 37.4 Å². The van der Waals surface area contributed by atoms with E-state index in [1.165, 1.54) is 11.3 Å². The molecule has 0 radical (unpaired) electrons. The Morgan fingerprint density at radius 2 is 2.12 bits per heavy atom. The van der Waals surface area contributed by atoms with E-state index in [0.29, 0.717) is 18.3 Å². The Bertz CT molecular complexity index is 732. The van der Waals surface area contributed by atoms with Crippen LogP contribution in [0.3, 0.4) is 0 Å². The lowest BCUT2D eigenvalue weighted by Gasteiger charge is -2.18. The topological polar surface area (TPSA) is 86.5 Å². The molecular formula is C17H21N3O3S. The molecule has 1 aliphatic rings. The molecular weight excluding hydrogens is 326 g/mol. The van der Waals surface area contributed by atoms with Crippen LogP contribution in [0.2, 0.25) is 0 Å². The molecule has 2 aromatic rings. The summed E-state index contributed by atoms with van der Waals surface area (Å²) in [6.07, 6.45) is 0.856. The summed E-state index contributed by atoms with van der Waals surface area (Å²) in [4.78, 5) is 16.6. The van der Waals surface area contributed by atoms with Crippen LogP contribution in [0.5, 0.6) is 11.5 Å². The minimum absolute atomic E-state index is 0.127. The number of thiazole rings is 1. The highest BCUT2D eigenvalue weighted by Crippen LogP contribution is 2.35. The van der Waals surface area contributed by atoms with Gasteiger partial charge >= 0.3 is 0 Å². The van der Waals surface area contributed by atoms with E-state index in [2.05, 4.69) is 10.3 Å². The Kier molecular flexibility index (Phi) is 5.01. The number of carbonyl (C=O) groups excluding carboxylic acids is 1. The molecule has 1 aromatic carbocycles. The molecule has 1 amide bonds. The predicted octanol–water partition coefficient (Wildman–Crippen LogP) is 2.89. The van der Waals surface area contributed by atoms with E-state index in [0.717, 1.165) is 29.2 Å². The summed E-state index contributed by atoms with van der Waals surface area (Å²) in [5.41, 5.74) is 7.65. The van der Waals surface area contributed by atoms with E-state index in [9.17, 15) is 4.79 Å². The summed E-state index contributed by atoms with van der Waals surface area (Å²) in [5.74, 6) is 1.39. The lowest BCUT2D eigenvalue weighted by Crippen LogP contribution is -2.40. The van der Waals surface area contributed by atoms with Gasteiger partial charge in [0.25, 0.3) is 0 Å². The van der Waals surface area contributed by atoms with Crippen molar-refractivity contribution in [3.05, 3.63) is 23.6 Å². The lowest BCUT2D eigenvalue weighted by molar-refractivity contribution is -0.118. The molecule has 2 unspecified atom stereocenters. The van der Waals surface area contributed by atoms with Crippen molar-refractivity contribution in [2.75, 3.05) is 18.5 Å². The van der Waals surface area contributed by atoms with Gasteiger partial charge in [-0.25, -0.2) is 4.98 Å². The summed E-state index contributed by atoms with van der Waals surface area (Å²) < 4.78 is 11.1. The SMILES string of the molecule is CCC(C)C(N)C(=O)Nc1nc(-c2ccc3c(c2)OCCO3)cs1. The number of nitrogens with two attached hydrogens (primary N) is 1. The van der Waals surface area contributed by atoms with Gasteiger partial charge in [-0.15, -0.1) is 11.3 Å². The fourth-order valence-corrected chi connectivity index (χ4v) is 3.09. The lowest BCUT2D eigenvalue weighted by atomic mass is 10.00. The number of nitrogens with one attached hydrogen (secondary N) is 1. The number of hydrogen-bond acceptors (Lipinski definition) is 6. The van der Waals surface area contributed by atoms with Gasteiger partial charge in [-0.05, 0) is 24.1 Å². The van der Waals surface area contributed by atoms with Gasteiger partial charge in [-0.1, -0.05) is 20.3 Å². The van der Waals surface area contributed by atoms with Crippen LogP contribution in [0.1, 0.15) is 20.3 Å². The van der Waals surface area contributed by atoms with Crippen LogP contribution < -0.4 is 20.5 Å². The first-order chi connectivity index (χ1) is 11.6. The fraction of sp³-hybridized carbons (Fsp3) is 0.412. The monoisotopic (exact) mass is 347 g/mol. The van der Waals surface area contributed by atoms with Gasteiger partial charge in [0.1, 0.15) is 13.2 Å². The number of nitrogens with zero attached hydrogens (tertiary/aromatic N) is 1. The molecule has 0 spiro atoms. The quantitative estimate of drug-likeness (QED) is 0.868. The Morgan fingerprint density at radius 3 is 2.88 bits per heavy atom. The number of hydrogen-bond donors (Lipinski definition) is 2. The van der Waals surface area contributed by atoms with Gasteiger partial charge in [-0.2, -0.15) is 0 Å². The number of amides is 1. The summed E-state index contributed by atoms with van der Waals surface area (Å²) in [6.45, 7) is 5.09. The molecule has 0 saturated carbocycles. The Labute approximate surface area is 145 Å². The Balaban J connectivity index is 1.73. The van der Waals surface area contributed by atoms with E-state index in [4.69, 9.17) is 15.2 Å². The number of aromatic nitrogens is 1. The van der Waals surface area contributed by atoms with Crippen LogP contribution in [0.4, 0.5) is 5.13 Å². The molecule has 1 aliphatic heterocycles. The maximum absolute atomic E-state index is 12.1. The van der Waals surface area contributed by atoms with Crippen LogP contribution in [0.25, 0.3) is 11.3 Å². The van der Waals surface area contributed by atoms with Gasteiger partial charge in [-0.3, -0.25) is 4.79 Å². The second-order valence-electron chi connectivity index (χ2n) is 5.80. The van der Waals surface area contributed by atoms with Crippen molar-refractivity contribution < 1.29 is 14.3 Å². The Hall–Kier alpha value is -2.12. The second-order valence-corrected chi connectivity index (χ2v) is 6.66. The van der Waals surface area contributed by atoms with Gasteiger partial charge < -0.3 is 20.5 Å². The highest BCUT2D eigenvalue weighted by molar-refractivity contribution is 7.14. The fourth-order valence-electron chi connectivity index (χ4n) is 2.37. The van der Waals surface area contributed by atoms with Crippen molar-refractivity contribution in [2.24, 2.45) is 11.7 Å². The molecule has 128 valence electrons. The summed E-state index contributed by atoms with van der Waals surface area (Å²) in [5, 5.41) is 5.24.